The first-order valence-electron chi connectivity index (χ1n) is 4.68. The fourth-order valence-corrected chi connectivity index (χ4v) is 3.80. The summed E-state index contributed by atoms with van der Waals surface area (Å²) < 4.78 is 1.28. The van der Waals surface area contributed by atoms with Gasteiger partial charge < -0.3 is 5.73 Å². The maximum atomic E-state index is 5.81. The van der Waals surface area contributed by atoms with Crippen molar-refractivity contribution >= 4 is 27.3 Å². The molecule has 13 heavy (non-hydrogen) atoms. The van der Waals surface area contributed by atoms with Gasteiger partial charge in [0.1, 0.15) is 0 Å². The van der Waals surface area contributed by atoms with E-state index in [1.54, 1.807) is 0 Å². The summed E-state index contributed by atoms with van der Waals surface area (Å²) in [5.74, 6) is 1.45. The molecule has 1 aromatic heterocycles. The number of nitrogens with two attached hydrogens (primary N) is 1. The van der Waals surface area contributed by atoms with Gasteiger partial charge in [0.25, 0.3) is 0 Å². The molecule has 2 rings (SSSR count). The summed E-state index contributed by atoms with van der Waals surface area (Å²) in [7, 11) is 0. The molecule has 1 aliphatic carbocycles. The molecule has 0 spiro atoms. The molecule has 1 nitrogen and oxygen atoms in total. The van der Waals surface area contributed by atoms with Crippen LogP contribution in [-0.4, -0.2) is 6.54 Å². The molecule has 1 heterocycles. The quantitative estimate of drug-likeness (QED) is 0.886. The Balaban J connectivity index is 2.25. The van der Waals surface area contributed by atoms with Gasteiger partial charge in [-0.3, -0.25) is 0 Å². The zero-order valence-corrected chi connectivity index (χ0v) is 10.1. The molecule has 1 unspecified atom stereocenters. The highest BCUT2D eigenvalue weighted by molar-refractivity contribution is 9.11. The molecule has 0 aliphatic heterocycles. The van der Waals surface area contributed by atoms with E-state index in [0.29, 0.717) is 5.92 Å². The molecule has 72 valence electrons. The van der Waals surface area contributed by atoms with Crippen LogP contribution in [0.2, 0.25) is 0 Å². The van der Waals surface area contributed by atoms with Crippen LogP contribution in [0.1, 0.15) is 29.2 Å². The lowest BCUT2D eigenvalue weighted by Gasteiger charge is -2.12. The van der Waals surface area contributed by atoms with Gasteiger partial charge in [-0.05, 0) is 59.8 Å². The minimum atomic E-state index is 0.597. The number of hydrogen-bond acceptors (Lipinski definition) is 2. The SMILES string of the molecule is Cc1cc(C(CN)C2CC2)c(Br)s1. The van der Waals surface area contributed by atoms with Crippen molar-refractivity contribution in [3.63, 3.8) is 0 Å². The van der Waals surface area contributed by atoms with Gasteiger partial charge in [-0.25, -0.2) is 0 Å². The van der Waals surface area contributed by atoms with Crippen LogP contribution in [-0.2, 0) is 0 Å². The van der Waals surface area contributed by atoms with Crippen LogP contribution in [0.5, 0.6) is 0 Å². The summed E-state index contributed by atoms with van der Waals surface area (Å²) in [5, 5.41) is 0. The van der Waals surface area contributed by atoms with Crippen molar-refractivity contribution in [1.82, 2.24) is 0 Å². The third kappa shape index (κ3) is 1.97. The fraction of sp³-hybridized carbons (Fsp3) is 0.600. The number of aryl methyl sites for hydroxylation is 1. The van der Waals surface area contributed by atoms with Gasteiger partial charge in [0.2, 0.25) is 0 Å². The molecule has 1 fully saturated rings. The largest absolute Gasteiger partial charge is 0.330 e. The lowest BCUT2D eigenvalue weighted by atomic mass is 9.97. The zero-order chi connectivity index (χ0) is 9.42. The van der Waals surface area contributed by atoms with E-state index < -0.39 is 0 Å². The van der Waals surface area contributed by atoms with Crippen LogP contribution in [0.25, 0.3) is 0 Å². The molecular formula is C10H14BrNS. The summed E-state index contributed by atoms with van der Waals surface area (Å²) in [6, 6.07) is 2.28. The average molecular weight is 260 g/mol. The Kier molecular flexibility index (Phi) is 2.77. The van der Waals surface area contributed by atoms with Crippen molar-refractivity contribution in [2.24, 2.45) is 11.7 Å². The zero-order valence-electron chi connectivity index (χ0n) is 7.72. The summed E-state index contributed by atoms with van der Waals surface area (Å²) in [5.41, 5.74) is 7.25. The maximum absolute atomic E-state index is 5.81. The second-order valence-corrected chi connectivity index (χ2v) is 6.34. The molecule has 0 bridgehead atoms. The first kappa shape index (κ1) is 9.69. The van der Waals surface area contributed by atoms with Crippen LogP contribution in [0.4, 0.5) is 0 Å². The Morgan fingerprint density at radius 3 is 2.77 bits per heavy atom. The summed E-state index contributed by atoms with van der Waals surface area (Å²) >= 11 is 5.44. The minimum absolute atomic E-state index is 0.597. The van der Waals surface area contributed by atoms with Crippen molar-refractivity contribution in [1.29, 1.82) is 0 Å². The fourth-order valence-electron chi connectivity index (χ4n) is 1.83. The highest BCUT2D eigenvalue weighted by Gasteiger charge is 2.32. The normalized spacial score (nSPS) is 19.0. The molecule has 0 saturated heterocycles. The number of halogens is 1. The number of rotatable bonds is 3. The first-order chi connectivity index (χ1) is 6.22. The van der Waals surface area contributed by atoms with E-state index in [0.717, 1.165) is 12.5 Å². The van der Waals surface area contributed by atoms with Gasteiger partial charge in [-0.15, -0.1) is 11.3 Å². The third-order valence-corrected chi connectivity index (χ3v) is 4.48. The standard InChI is InChI=1S/C10H14BrNS/c1-6-4-8(10(11)13-6)9(5-12)7-2-3-7/h4,7,9H,2-3,5,12H2,1H3. The summed E-state index contributed by atoms with van der Waals surface area (Å²) in [4.78, 5) is 1.38. The van der Waals surface area contributed by atoms with Gasteiger partial charge >= 0.3 is 0 Å². The second kappa shape index (κ2) is 3.71. The van der Waals surface area contributed by atoms with Gasteiger partial charge in [-0.1, -0.05) is 0 Å². The predicted molar refractivity (Wildman–Crippen MR) is 61.3 cm³/mol. The maximum Gasteiger partial charge on any atom is 0.0736 e. The molecule has 3 heteroatoms. The highest BCUT2D eigenvalue weighted by atomic mass is 79.9. The van der Waals surface area contributed by atoms with Crippen molar-refractivity contribution in [2.75, 3.05) is 6.54 Å². The van der Waals surface area contributed by atoms with Crippen molar-refractivity contribution in [2.45, 2.75) is 25.7 Å². The number of hydrogen-bond donors (Lipinski definition) is 1. The van der Waals surface area contributed by atoms with E-state index >= 15 is 0 Å². The Morgan fingerprint density at radius 1 is 1.69 bits per heavy atom. The topological polar surface area (TPSA) is 26.0 Å². The van der Waals surface area contributed by atoms with Gasteiger partial charge in [0.15, 0.2) is 0 Å². The van der Waals surface area contributed by atoms with E-state index in [4.69, 9.17) is 5.73 Å². The summed E-state index contributed by atoms with van der Waals surface area (Å²) in [6.45, 7) is 2.94. The van der Waals surface area contributed by atoms with Crippen LogP contribution >= 0.6 is 27.3 Å². The van der Waals surface area contributed by atoms with Crippen LogP contribution < -0.4 is 5.73 Å². The second-order valence-electron chi connectivity index (χ2n) is 3.77. The lowest BCUT2D eigenvalue weighted by molar-refractivity contribution is 0.616. The van der Waals surface area contributed by atoms with Crippen molar-refractivity contribution < 1.29 is 0 Å². The molecule has 0 radical (unpaired) electrons. The predicted octanol–water partition coefficient (Wildman–Crippen LogP) is 3.27. The van der Waals surface area contributed by atoms with E-state index in [1.165, 1.54) is 27.1 Å². The van der Waals surface area contributed by atoms with Crippen molar-refractivity contribution in [3.8, 4) is 0 Å². The Bertz CT molecular complexity index is 304. The first-order valence-corrected chi connectivity index (χ1v) is 6.29. The molecule has 1 aromatic rings. The van der Waals surface area contributed by atoms with Crippen LogP contribution in [0.15, 0.2) is 9.85 Å². The minimum Gasteiger partial charge on any atom is -0.330 e. The van der Waals surface area contributed by atoms with Gasteiger partial charge in [0, 0.05) is 10.8 Å². The Labute approximate surface area is 91.5 Å². The van der Waals surface area contributed by atoms with E-state index in [1.807, 2.05) is 11.3 Å². The smallest absolute Gasteiger partial charge is 0.0736 e. The van der Waals surface area contributed by atoms with Crippen LogP contribution in [0, 0.1) is 12.8 Å². The number of thiophene rings is 1. The Morgan fingerprint density at radius 2 is 2.38 bits per heavy atom. The molecule has 1 saturated carbocycles. The third-order valence-electron chi connectivity index (χ3n) is 2.68. The molecule has 0 aromatic carbocycles. The van der Waals surface area contributed by atoms with Gasteiger partial charge in [0.05, 0.1) is 3.79 Å². The Hall–Kier alpha value is 0.140. The van der Waals surface area contributed by atoms with E-state index in [-0.39, 0.29) is 0 Å². The highest BCUT2D eigenvalue weighted by Crippen LogP contribution is 2.45. The van der Waals surface area contributed by atoms with Gasteiger partial charge in [-0.2, -0.15) is 0 Å². The monoisotopic (exact) mass is 259 g/mol. The average Bonchev–Trinajstić information content (AvgIpc) is 2.82. The van der Waals surface area contributed by atoms with E-state index in [9.17, 15) is 0 Å². The van der Waals surface area contributed by atoms with Crippen molar-refractivity contribution in [3.05, 3.63) is 20.3 Å². The summed E-state index contributed by atoms with van der Waals surface area (Å²) in [6.07, 6.45) is 2.73. The molecule has 1 atom stereocenters. The lowest BCUT2D eigenvalue weighted by Crippen LogP contribution is -2.13. The molecule has 2 N–H and O–H groups in total. The molecule has 1 aliphatic rings. The van der Waals surface area contributed by atoms with E-state index in [2.05, 4.69) is 28.9 Å². The molecule has 0 amide bonds. The van der Waals surface area contributed by atoms with Crippen LogP contribution in [0.3, 0.4) is 0 Å². The molecular weight excluding hydrogens is 246 g/mol.